The number of hydrogen-bond acceptors (Lipinski definition) is 2. The third-order valence-corrected chi connectivity index (χ3v) is 2.81. The highest BCUT2D eigenvalue weighted by molar-refractivity contribution is 7.11. The van der Waals surface area contributed by atoms with E-state index in [0.29, 0.717) is 0 Å². The molecule has 1 aromatic rings. The molecule has 0 radical (unpaired) electrons. The summed E-state index contributed by atoms with van der Waals surface area (Å²) >= 11 is 1.80. The molecular formula is C9H14OS. The van der Waals surface area contributed by atoms with Crippen molar-refractivity contribution >= 4 is 11.3 Å². The van der Waals surface area contributed by atoms with Gasteiger partial charge in [0, 0.05) is 16.2 Å². The molecule has 1 nitrogen and oxygen atoms in total. The van der Waals surface area contributed by atoms with Gasteiger partial charge in [0.15, 0.2) is 0 Å². The van der Waals surface area contributed by atoms with E-state index in [2.05, 4.69) is 19.1 Å². The second-order valence-electron chi connectivity index (χ2n) is 2.77. The Kier molecular flexibility index (Phi) is 3.09. The molecule has 11 heavy (non-hydrogen) atoms. The maximum Gasteiger partial charge on any atom is 0.0560 e. The van der Waals surface area contributed by atoms with Crippen LogP contribution in [0.5, 0.6) is 0 Å². The van der Waals surface area contributed by atoms with Crippen molar-refractivity contribution in [3.8, 4) is 0 Å². The van der Waals surface area contributed by atoms with Gasteiger partial charge in [0.1, 0.15) is 0 Å². The molecule has 1 heterocycles. The van der Waals surface area contributed by atoms with Gasteiger partial charge in [-0.15, -0.1) is 11.3 Å². The third-order valence-electron chi connectivity index (χ3n) is 1.56. The van der Waals surface area contributed by atoms with Crippen LogP contribution in [0.4, 0.5) is 0 Å². The number of aryl methyl sites for hydroxylation is 1. The summed E-state index contributed by atoms with van der Waals surface area (Å²) in [6.45, 7) is 3.98. The number of thiophene rings is 1. The lowest BCUT2D eigenvalue weighted by molar-refractivity contribution is 0.196. The Bertz CT molecular complexity index is 215. The fraction of sp³-hybridized carbons (Fsp3) is 0.556. The van der Waals surface area contributed by atoms with E-state index < -0.39 is 0 Å². The molecule has 0 saturated heterocycles. The minimum atomic E-state index is -0.210. The minimum absolute atomic E-state index is 0.210. The minimum Gasteiger partial charge on any atom is -0.393 e. The van der Waals surface area contributed by atoms with E-state index >= 15 is 0 Å². The summed E-state index contributed by atoms with van der Waals surface area (Å²) in [4.78, 5) is 2.69. The highest BCUT2D eigenvalue weighted by atomic mass is 32.1. The lowest BCUT2D eigenvalue weighted by atomic mass is 10.2. The monoisotopic (exact) mass is 170 g/mol. The number of hydrogen-bond donors (Lipinski definition) is 1. The maximum atomic E-state index is 9.09. The predicted molar refractivity (Wildman–Crippen MR) is 49.1 cm³/mol. The van der Waals surface area contributed by atoms with E-state index in [4.69, 9.17) is 5.11 Å². The molecule has 1 atom stereocenters. The largest absolute Gasteiger partial charge is 0.393 e. The van der Waals surface area contributed by atoms with E-state index in [1.807, 2.05) is 6.92 Å². The van der Waals surface area contributed by atoms with Gasteiger partial charge in [-0.05, 0) is 25.5 Å². The molecule has 1 unspecified atom stereocenters. The molecule has 0 aliphatic carbocycles. The average molecular weight is 170 g/mol. The number of rotatable bonds is 3. The first-order valence-corrected chi connectivity index (χ1v) is 4.79. The van der Waals surface area contributed by atoms with E-state index in [0.717, 1.165) is 12.8 Å². The van der Waals surface area contributed by atoms with E-state index in [1.54, 1.807) is 11.3 Å². The average Bonchev–Trinajstić information content (AvgIpc) is 2.34. The SMILES string of the molecule is CCc1ccc(CC(C)O)s1. The highest BCUT2D eigenvalue weighted by Gasteiger charge is 2.01. The summed E-state index contributed by atoms with van der Waals surface area (Å²) in [7, 11) is 0. The first-order chi connectivity index (χ1) is 5.22. The Labute approximate surface area is 71.7 Å². The van der Waals surface area contributed by atoms with Gasteiger partial charge in [-0.3, -0.25) is 0 Å². The molecule has 0 aromatic carbocycles. The van der Waals surface area contributed by atoms with Crippen LogP contribution >= 0.6 is 11.3 Å². The molecule has 0 aliphatic rings. The lowest BCUT2D eigenvalue weighted by Gasteiger charge is -1.98. The van der Waals surface area contributed by atoms with Gasteiger partial charge >= 0.3 is 0 Å². The quantitative estimate of drug-likeness (QED) is 0.737. The zero-order valence-electron chi connectivity index (χ0n) is 7.00. The molecule has 62 valence electrons. The molecule has 1 aromatic heterocycles. The molecule has 0 amide bonds. The Morgan fingerprint density at radius 3 is 2.55 bits per heavy atom. The van der Waals surface area contributed by atoms with Gasteiger partial charge in [-0.1, -0.05) is 6.92 Å². The van der Waals surface area contributed by atoms with E-state index in [9.17, 15) is 0 Å². The van der Waals surface area contributed by atoms with Gasteiger partial charge in [-0.2, -0.15) is 0 Å². The van der Waals surface area contributed by atoms with Gasteiger partial charge in [0.05, 0.1) is 6.10 Å². The second kappa shape index (κ2) is 3.88. The van der Waals surface area contributed by atoms with Crippen LogP contribution in [0.15, 0.2) is 12.1 Å². The van der Waals surface area contributed by atoms with Crippen molar-refractivity contribution in [3.05, 3.63) is 21.9 Å². The van der Waals surface area contributed by atoms with Crippen molar-refractivity contribution in [3.63, 3.8) is 0 Å². The molecule has 0 spiro atoms. The van der Waals surface area contributed by atoms with Crippen LogP contribution in [-0.2, 0) is 12.8 Å². The summed E-state index contributed by atoms with van der Waals surface area (Å²) < 4.78 is 0. The topological polar surface area (TPSA) is 20.2 Å². The highest BCUT2D eigenvalue weighted by Crippen LogP contribution is 2.18. The van der Waals surface area contributed by atoms with Crippen LogP contribution in [0.25, 0.3) is 0 Å². The Hall–Kier alpha value is -0.340. The van der Waals surface area contributed by atoms with Crippen LogP contribution < -0.4 is 0 Å². The standard InChI is InChI=1S/C9H14OS/c1-3-8-4-5-9(11-8)6-7(2)10/h4-5,7,10H,3,6H2,1-2H3. The molecule has 1 rings (SSSR count). The van der Waals surface area contributed by atoms with Crippen LogP contribution in [-0.4, -0.2) is 11.2 Å². The van der Waals surface area contributed by atoms with Crippen LogP contribution in [0.2, 0.25) is 0 Å². The fourth-order valence-electron chi connectivity index (χ4n) is 1.01. The Morgan fingerprint density at radius 2 is 2.09 bits per heavy atom. The maximum absolute atomic E-state index is 9.09. The van der Waals surface area contributed by atoms with Gasteiger partial charge in [0.2, 0.25) is 0 Å². The van der Waals surface area contributed by atoms with Gasteiger partial charge in [0.25, 0.3) is 0 Å². The van der Waals surface area contributed by atoms with E-state index in [-0.39, 0.29) is 6.10 Å². The van der Waals surface area contributed by atoms with Crippen LogP contribution in [0, 0.1) is 0 Å². The fourth-order valence-corrected chi connectivity index (χ4v) is 2.09. The van der Waals surface area contributed by atoms with E-state index in [1.165, 1.54) is 9.75 Å². The smallest absolute Gasteiger partial charge is 0.0560 e. The summed E-state index contributed by atoms with van der Waals surface area (Å²) in [5.41, 5.74) is 0. The zero-order chi connectivity index (χ0) is 8.27. The molecular weight excluding hydrogens is 156 g/mol. The molecule has 1 N–H and O–H groups in total. The second-order valence-corrected chi connectivity index (χ2v) is 4.03. The summed E-state index contributed by atoms with van der Waals surface area (Å²) in [6, 6.07) is 4.25. The van der Waals surface area contributed by atoms with Crippen molar-refractivity contribution in [2.24, 2.45) is 0 Å². The molecule has 0 saturated carbocycles. The Morgan fingerprint density at radius 1 is 1.45 bits per heavy atom. The third kappa shape index (κ3) is 2.64. The normalized spacial score (nSPS) is 13.4. The summed E-state index contributed by atoms with van der Waals surface area (Å²) in [5, 5.41) is 9.09. The van der Waals surface area contributed by atoms with Crippen molar-refractivity contribution in [1.29, 1.82) is 0 Å². The summed E-state index contributed by atoms with van der Waals surface area (Å²) in [6.07, 6.45) is 1.69. The van der Waals surface area contributed by atoms with Gasteiger partial charge in [-0.25, -0.2) is 0 Å². The number of aliphatic hydroxyl groups is 1. The van der Waals surface area contributed by atoms with Crippen molar-refractivity contribution < 1.29 is 5.11 Å². The summed E-state index contributed by atoms with van der Waals surface area (Å²) in [5.74, 6) is 0. The number of aliphatic hydroxyl groups excluding tert-OH is 1. The van der Waals surface area contributed by atoms with Crippen LogP contribution in [0.1, 0.15) is 23.6 Å². The van der Waals surface area contributed by atoms with Gasteiger partial charge < -0.3 is 5.11 Å². The molecule has 0 fully saturated rings. The Balaban J connectivity index is 2.58. The zero-order valence-corrected chi connectivity index (χ0v) is 7.82. The first kappa shape index (κ1) is 8.75. The lowest BCUT2D eigenvalue weighted by Crippen LogP contribution is -2.01. The van der Waals surface area contributed by atoms with Crippen molar-refractivity contribution in [2.45, 2.75) is 32.8 Å². The van der Waals surface area contributed by atoms with Crippen molar-refractivity contribution in [1.82, 2.24) is 0 Å². The van der Waals surface area contributed by atoms with Crippen molar-refractivity contribution in [2.75, 3.05) is 0 Å². The molecule has 2 heteroatoms. The molecule has 0 bridgehead atoms. The first-order valence-electron chi connectivity index (χ1n) is 3.98. The molecule has 0 aliphatic heterocycles. The van der Waals surface area contributed by atoms with Crippen LogP contribution in [0.3, 0.4) is 0 Å². The predicted octanol–water partition coefficient (Wildman–Crippen LogP) is 2.23.